The number of benzene rings is 3. The fourth-order valence-corrected chi connectivity index (χ4v) is 3.29. The van der Waals surface area contributed by atoms with Crippen LogP contribution in [0.2, 0.25) is 0 Å². The van der Waals surface area contributed by atoms with E-state index in [-0.39, 0.29) is 0 Å². The van der Waals surface area contributed by atoms with Crippen molar-refractivity contribution in [2.75, 3.05) is 11.5 Å². The summed E-state index contributed by atoms with van der Waals surface area (Å²) >= 11 is 3.51. The third kappa shape index (κ3) is 5.20. The van der Waals surface area contributed by atoms with E-state index in [0.717, 1.165) is 34.4 Å². The van der Waals surface area contributed by atoms with Gasteiger partial charge in [-0.1, -0.05) is 40.2 Å². The number of carbonyl (C=O) groups is 1. The van der Waals surface area contributed by atoms with E-state index in [1.54, 1.807) is 0 Å². The van der Waals surface area contributed by atoms with Crippen LogP contribution in [0.25, 0.3) is 0 Å². The second-order valence-corrected chi connectivity index (χ2v) is 7.30. The second-order valence-electron chi connectivity index (χ2n) is 6.39. The number of halogens is 1. The summed E-state index contributed by atoms with van der Waals surface area (Å²) in [5.41, 5.74) is 5.80. The number of nitrogens with zero attached hydrogens (tertiary/aromatic N) is 1. The van der Waals surface area contributed by atoms with Crippen molar-refractivity contribution in [2.24, 2.45) is 0 Å². The molecule has 0 N–H and O–H groups in total. The summed E-state index contributed by atoms with van der Waals surface area (Å²) in [6.07, 6.45) is 1.71. The lowest BCUT2D eigenvalue weighted by Crippen LogP contribution is -2.10. The lowest BCUT2D eigenvalue weighted by molar-refractivity contribution is -0.128. The molecule has 3 aromatic rings. The van der Waals surface area contributed by atoms with E-state index < -0.39 is 0 Å². The van der Waals surface area contributed by atoms with E-state index in [2.05, 4.69) is 101 Å². The first-order chi connectivity index (χ1) is 13.2. The molecule has 0 radical (unpaired) electrons. The van der Waals surface area contributed by atoms with Crippen LogP contribution < -0.4 is 4.90 Å². The molecule has 0 saturated carbocycles. The average Bonchev–Trinajstić information content (AvgIpc) is 2.68. The Morgan fingerprint density at radius 3 is 2.22 bits per heavy atom. The number of rotatable bonds is 8. The van der Waals surface area contributed by atoms with Crippen LogP contribution in [0, 0.1) is 6.92 Å². The summed E-state index contributed by atoms with van der Waals surface area (Å²) in [6, 6.07) is 25.4. The number of carbonyl (C=O) groups excluding carboxylic acids is 1. The first kappa shape index (κ1) is 19.2. The molecular weight excluding hydrogens is 402 g/mol. The van der Waals surface area contributed by atoms with E-state index in [9.17, 15) is 4.79 Å². The van der Waals surface area contributed by atoms with Crippen LogP contribution in [0.5, 0.6) is 0 Å². The fraction of sp³-hybridized carbons (Fsp3) is 0.174. The molecule has 0 amide bonds. The van der Waals surface area contributed by atoms with Gasteiger partial charge in [-0.25, -0.2) is 0 Å². The van der Waals surface area contributed by atoms with Gasteiger partial charge < -0.3 is 9.64 Å². The zero-order chi connectivity index (χ0) is 19.1. The molecule has 138 valence electrons. The lowest BCUT2D eigenvalue weighted by atomic mass is 10.1. The van der Waals surface area contributed by atoms with E-state index >= 15 is 0 Å². The minimum absolute atomic E-state index is 0.458. The second kappa shape index (κ2) is 9.38. The van der Waals surface area contributed by atoms with E-state index in [1.165, 1.54) is 11.1 Å². The summed E-state index contributed by atoms with van der Waals surface area (Å²) in [7, 11) is 0. The van der Waals surface area contributed by atoms with Crippen molar-refractivity contribution in [3.05, 3.63) is 88.4 Å². The molecule has 27 heavy (non-hydrogen) atoms. The zero-order valence-corrected chi connectivity index (χ0v) is 16.9. The first-order valence-corrected chi connectivity index (χ1v) is 9.73. The summed E-state index contributed by atoms with van der Waals surface area (Å²) in [6.45, 7) is 3.06. The molecule has 0 spiro atoms. The van der Waals surface area contributed by atoms with Crippen molar-refractivity contribution in [1.29, 1.82) is 0 Å². The summed E-state index contributed by atoms with van der Waals surface area (Å²) in [5, 5.41) is 0. The van der Waals surface area contributed by atoms with Crippen molar-refractivity contribution in [2.45, 2.75) is 19.8 Å². The van der Waals surface area contributed by atoms with Gasteiger partial charge in [0.05, 0.1) is 6.61 Å². The Morgan fingerprint density at radius 2 is 1.59 bits per heavy atom. The predicted octanol–water partition coefficient (Wildman–Crippen LogP) is 6.33. The van der Waals surface area contributed by atoms with Gasteiger partial charge in [-0.05, 0) is 79.4 Å². The maximum atomic E-state index is 10.2. The van der Waals surface area contributed by atoms with Crippen LogP contribution in [0.4, 0.5) is 17.1 Å². The summed E-state index contributed by atoms with van der Waals surface area (Å²) in [4.78, 5) is 12.5. The van der Waals surface area contributed by atoms with Gasteiger partial charge in [-0.15, -0.1) is 0 Å². The van der Waals surface area contributed by atoms with Crippen LogP contribution in [-0.4, -0.2) is 13.1 Å². The first-order valence-electron chi connectivity index (χ1n) is 8.94. The molecule has 3 rings (SSSR count). The molecule has 0 atom stereocenters. The third-order valence-electron chi connectivity index (χ3n) is 4.33. The van der Waals surface area contributed by atoms with Crippen LogP contribution in [-0.2, 0) is 16.0 Å². The molecule has 4 heteroatoms. The summed E-state index contributed by atoms with van der Waals surface area (Å²) in [5.74, 6) is 0. The van der Waals surface area contributed by atoms with E-state index in [1.807, 2.05) is 0 Å². The molecule has 3 nitrogen and oxygen atoms in total. The van der Waals surface area contributed by atoms with Gasteiger partial charge in [0.15, 0.2) is 0 Å². The normalized spacial score (nSPS) is 10.4. The van der Waals surface area contributed by atoms with Gasteiger partial charge in [0, 0.05) is 21.5 Å². The predicted molar refractivity (Wildman–Crippen MR) is 114 cm³/mol. The molecule has 0 saturated heterocycles. The third-order valence-corrected chi connectivity index (χ3v) is 4.86. The highest BCUT2D eigenvalue weighted by atomic mass is 79.9. The number of aryl methyl sites for hydroxylation is 2. The Balaban J connectivity index is 1.88. The van der Waals surface area contributed by atoms with Gasteiger partial charge in [0.2, 0.25) is 0 Å². The average molecular weight is 424 g/mol. The number of anilines is 3. The van der Waals surface area contributed by atoms with Crippen molar-refractivity contribution >= 4 is 39.5 Å². The highest BCUT2D eigenvalue weighted by Crippen LogP contribution is 2.35. The van der Waals surface area contributed by atoms with Crippen molar-refractivity contribution in [1.82, 2.24) is 0 Å². The molecule has 0 aliphatic heterocycles. The van der Waals surface area contributed by atoms with Gasteiger partial charge in [0.1, 0.15) is 0 Å². The van der Waals surface area contributed by atoms with Crippen LogP contribution in [0.1, 0.15) is 17.5 Å². The SMILES string of the molecule is Cc1cccc(N(c2ccc(Br)cc2)c2ccc(CCCOC=O)cc2)c1. The Labute approximate surface area is 168 Å². The molecule has 0 bridgehead atoms. The van der Waals surface area contributed by atoms with Gasteiger partial charge in [-0.3, -0.25) is 4.79 Å². The quantitative estimate of drug-likeness (QED) is 0.313. The Morgan fingerprint density at radius 1 is 0.926 bits per heavy atom. The molecule has 0 aliphatic carbocycles. The Bertz CT molecular complexity index is 876. The monoisotopic (exact) mass is 423 g/mol. The van der Waals surface area contributed by atoms with Crippen molar-refractivity contribution in [3.8, 4) is 0 Å². The topological polar surface area (TPSA) is 29.5 Å². The number of ether oxygens (including phenoxy) is 1. The van der Waals surface area contributed by atoms with Gasteiger partial charge in [-0.2, -0.15) is 0 Å². The maximum Gasteiger partial charge on any atom is 0.293 e. The van der Waals surface area contributed by atoms with Crippen molar-refractivity contribution in [3.63, 3.8) is 0 Å². The molecule has 0 aliphatic rings. The highest BCUT2D eigenvalue weighted by molar-refractivity contribution is 9.10. The number of hydrogen-bond donors (Lipinski definition) is 0. The zero-order valence-electron chi connectivity index (χ0n) is 15.3. The van der Waals surface area contributed by atoms with Crippen LogP contribution in [0.3, 0.4) is 0 Å². The molecule has 0 fully saturated rings. The Hall–Kier alpha value is -2.59. The van der Waals surface area contributed by atoms with Crippen LogP contribution >= 0.6 is 15.9 Å². The lowest BCUT2D eigenvalue weighted by Gasteiger charge is -2.26. The standard InChI is InChI=1S/C23H22BrNO2/c1-18-4-2-6-23(16-18)25(22-13-9-20(24)10-14-22)21-11-7-19(8-12-21)5-3-15-27-17-26/h2,4,6-14,16-17H,3,5,15H2,1H3. The van der Waals surface area contributed by atoms with Crippen LogP contribution in [0.15, 0.2) is 77.3 Å². The number of hydrogen-bond acceptors (Lipinski definition) is 3. The minimum atomic E-state index is 0.458. The molecule has 3 aromatic carbocycles. The largest absolute Gasteiger partial charge is 0.468 e. The van der Waals surface area contributed by atoms with Gasteiger partial charge >= 0.3 is 0 Å². The molecule has 0 aromatic heterocycles. The molecular formula is C23H22BrNO2. The highest BCUT2D eigenvalue weighted by Gasteiger charge is 2.12. The summed E-state index contributed by atoms with van der Waals surface area (Å²) < 4.78 is 5.82. The fourth-order valence-electron chi connectivity index (χ4n) is 3.02. The maximum absolute atomic E-state index is 10.2. The molecule has 0 unspecified atom stereocenters. The Kier molecular flexibility index (Phi) is 6.66. The smallest absolute Gasteiger partial charge is 0.293 e. The minimum Gasteiger partial charge on any atom is -0.468 e. The molecule has 0 heterocycles. The van der Waals surface area contributed by atoms with Crippen molar-refractivity contribution < 1.29 is 9.53 Å². The van der Waals surface area contributed by atoms with E-state index in [4.69, 9.17) is 4.74 Å². The van der Waals surface area contributed by atoms with Gasteiger partial charge in [0.25, 0.3) is 6.47 Å². The van der Waals surface area contributed by atoms with E-state index in [0.29, 0.717) is 13.1 Å².